The van der Waals surface area contributed by atoms with Gasteiger partial charge in [0.25, 0.3) is 0 Å². The molecule has 0 bridgehead atoms. The quantitative estimate of drug-likeness (QED) is 0.307. The molecule has 3 aromatic carbocycles. The minimum Gasteiger partial charge on any atom is -0.508 e. The van der Waals surface area contributed by atoms with Gasteiger partial charge in [0.2, 0.25) is 5.78 Å². The van der Waals surface area contributed by atoms with Crippen molar-refractivity contribution in [1.29, 1.82) is 0 Å². The summed E-state index contributed by atoms with van der Waals surface area (Å²) < 4.78 is 0. The second kappa shape index (κ2) is 9.32. The molecule has 116 valence electrons. The van der Waals surface area contributed by atoms with Gasteiger partial charge in [-0.1, -0.05) is 5.92 Å². The largest absolute Gasteiger partial charge is 2.00 e. The molecule has 0 aliphatic carbocycles. The van der Waals surface area contributed by atoms with Crippen LogP contribution in [0.2, 0.25) is 0 Å². The van der Waals surface area contributed by atoms with Crippen molar-refractivity contribution in [3.8, 4) is 23.3 Å². The van der Waals surface area contributed by atoms with Crippen LogP contribution in [0.25, 0.3) is 0 Å². The second-order valence-corrected chi connectivity index (χ2v) is 4.42. The van der Waals surface area contributed by atoms with Crippen molar-refractivity contribution in [2.45, 2.75) is 0 Å². The van der Waals surface area contributed by atoms with E-state index in [2.05, 4.69) is 11.8 Å². The first-order chi connectivity index (χ1) is 10.7. The average molecular weight is 346 g/mol. The van der Waals surface area contributed by atoms with Crippen molar-refractivity contribution in [3.63, 3.8) is 0 Å². The van der Waals surface area contributed by atoms with E-state index in [-0.39, 0.29) is 34.1 Å². The van der Waals surface area contributed by atoms with Gasteiger partial charge in [0.15, 0.2) is 0 Å². The van der Waals surface area contributed by atoms with E-state index in [1.54, 1.807) is 12.1 Å². The molecule has 2 N–H and O–H groups in total. The monoisotopic (exact) mass is 346 g/mol. The number of carbonyl (C=O) groups is 1. The fourth-order valence-corrected chi connectivity index (χ4v) is 1.69. The Hall–Kier alpha value is -2.73. The van der Waals surface area contributed by atoms with E-state index < -0.39 is 5.78 Å². The molecule has 0 heterocycles. The van der Waals surface area contributed by atoms with E-state index >= 15 is 0 Å². The minimum absolute atomic E-state index is 0. The van der Waals surface area contributed by atoms with Crippen LogP contribution in [-0.2, 0) is 17.1 Å². The Morgan fingerprint density at radius 2 is 1.74 bits per heavy atom. The van der Waals surface area contributed by atoms with Gasteiger partial charge < -0.3 is 10.2 Å². The van der Waals surface area contributed by atoms with Gasteiger partial charge >= 0.3 is 17.1 Å². The molecule has 0 radical (unpaired) electrons. The number of phenolic OH excluding ortho intramolecular Hbond substituents is 2. The van der Waals surface area contributed by atoms with E-state index in [9.17, 15) is 9.90 Å². The first-order valence-corrected chi connectivity index (χ1v) is 6.63. The molecule has 3 aromatic rings. The number of aromatic hydroxyl groups is 2. The van der Waals surface area contributed by atoms with Crippen LogP contribution in [0.3, 0.4) is 0 Å². The maximum absolute atomic E-state index is 11.7. The molecule has 0 aliphatic rings. The summed E-state index contributed by atoms with van der Waals surface area (Å²) in [5.41, 5.74) is 0.832. The molecule has 3 rings (SSSR count). The van der Waals surface area contributed by atoms with Crippen LogP contribution in [0.15, 0.2) is 72.8 Å². The first-order valence-electron chi connectivity index (χ1n) is 6.63. The Morgan fingerprint density at radius 1 is 1.00 bits per heavy atom. The molecule has 0 aliphatic heterocycles. The number of benzene rings is 1. The molecular formula is C19H14FeO3. The molecule has 0 amide bonds. The Morgan fingerprint density at radius 3 is 2.26 bits per heavy atom. The van der Waals surface area contributed by atoms with Crippen molar-refractivity contribution in [3.05, 3.63) is 83.9 Å². The van der Waals surface area contributed by atoms with Crippen LogP contribution in [-0.4, -0.2) is 16.0 Å². The third-order valence-electron chi connectivity index (χ3n) is 2.76. The van der Waals surface area contributed by atoms with Gasteiger partial charge in [-0.3, -0.25) is 4.79 Å². The minimum atomic E-state index is -0.483. The number of phenols is 2. The van der Waals surface area contributed by atoms with Gasteiger partial charge in [0.1, 0.15) is 11.5 Å². The van der Waals surface area contributed by atoms with Crippen LogP contribution < -0.4 is 0 Å². The van der Waals surface area contributed by atoms with Gasteiger partial charge in [-0.05, 0) is 12.1 Å². The Kier molecular flexibility index (Phi) is 7.42. The van der Waals surface area contributed by atoms with Gasteiger partial charge in [0.05, 0.1) is 5.56 Å². The second-order valence-electron chi connectivity index (χ2n) is 4.42. The Balaban J connectivity index is 0.000000377. The van der Waals surface area contributed by atoms with Gasteiger partial charge in [-0.15, -0.1) is 11.6 Å². The van der Waals surface area contributed by atoms with Gasteiger partial charge in [0, 0.05) is 6.07 Å². The summed E-state index contributed by atoms with van der Waals surface area (Å²) >= 11 is 0. The fourth-order valence-electron chi connectivity index (χ4n) is 1.69. The average Bonchev–Trinajstić information content (AvgIpc) is 3.21. The van der Waals surface area contributed by atoms with E-state index in [4.69, 9.17) is 5.11 Å². The number of Topliss-reactive ketones (excluding diaryl/α,β-unsaturated/α-hetero) is 1. The summed E-state index contributed by atoms with van der Waals surface area (Å²) in [5, 5.41) is 18.6. The maximum Gasteiger partial charge on any atom is 2.00 e. The molecule has 0 saturated heterocycles. The van der Waals surface area contributed by atoms with Crippen molar-refractivity contribution in [2.24, 2.45) is 0 Å². The molecule has 0 spiro atoms. The zero-order valence-electron chi connectivity index (χ0n) is 12.1. The third-order valence-corrected chi connectivity index (χ3v) is 2.76. The van der Waals surface area contributed by atoms with Crippen LogP contribution in [0, 0.1) is 11.8 Å². The molecule has 0 saturated carbocycles. The zero-order valence-corrected chi connectivity index (χ0v) is 13.2. The first kappa shape index (κ1) is 18.3. The zero-order chi connectivity index (χ0) is 15.8. The van der Waals surface area contributed by atoms with Crippen LogP contribution >= 0.6 is 0 Å². The molecule has 0 atom stereocenters. The van der Waals surface area contributed by atoms with E-state index in [1.807, 2.05) is 42.5 Å². The normalized spacial score (nSPS) is 8.70. The molecular weight excluding hydrogens is 332 g/mol. The van der Waals surface area contributed by atoms with Crippen molar-refractivity contribution < 1.29 is 32.1 Å². The smallest absolute Gasteiger partial charge is 0.508 e. The number of ketones is 1. The molecule has 0 aromatic heterocycles. The summed E-state index contributed by atoms with van der Waals surface area (Å²) in [6.07, 6.45) is 0. The summed E-state index contributed by atoms with van der Waals surface area (Å²) in [5.74, 6) is 4.27. The molecule has 23 heavy (non-hydrogen) atoms. The predicted octanol–water partition coefficient (Wildman–Crippen LogP) is 3.45. The number of rotatable bonds is 1. The van der Waals surface area contributed by atoms with E-state index in [1.165, 1.54) is 12.1 Å². The Labute approximate surface area is 145 Å². The standard InChI is InChI=1S/C14H9O3.C5H5.Fe/c15-11-6-7-12(14(17)9-11)13(16)8-5-10-3-1-2-4-10;1-2-4-5-3-1;/h1-4,6-7,9,15,17H;1-5H;/q2*-1;+2. The van der Waals surface area contributed by atoms with Gasteiger partial charge in [-0.25, -0.2) is 12.1 Å². The summed E-state index contributed by atoms with van der Waals surface area (Å²) in [7, 11) is 0. The van der Waals surface area contributed by atoms with E-state index in [0.29, 0.717) is 0 Å². The van der Waals surface area contributed by atoms with Crippen molar-refractivity contribution >= 4 is 5.78 Å². The van der Waals surface area contributed by atoms with Crippen molar-refractivity contribution in [1.82, 2.24) is 0 Å². The maximum atomic E-state index is 11.7. The SMILES string of the molecule is O=C(C#Cc1ccc[cH-]1)c1ccc(O)cc1O.[Fe+2].c1cc[cH-]c1. The van der Waals surface area contributed by atoms with Crippen LogP contribution in [0.1, 0.15) is 15.9 Å². The topological polar surface area (TPSA) is 57.5 Å². The molecule has 0 unspecified atom stereocenters. The molecule has 4 heteroatoms. The molecule has 0 fully saturated rings. The Bertz CT molecular complexity index is 759. The van der Waals surface area contributed by atoms with Crippen molar-refractivity contribution in [2.75, 3.05) is 0 Å². The van der Waals surface area contributed by atoms with E-state index in [0.717, 1.165) is 11.6 Å². The van der Waals surface area contributed by atoms with Gasteiger partial charge in [-0.2, -0.15) is 42.3 Å². The summed E-state index contributed by atoms with van der Waals surface area (Å²) in [4.78, 5) is 11.7. The number of hydrogen-bond acceptors (Lipinski definition) is 3. The molecule has 3 nitrogen and oxygen atoms in total. The van der Waals surface area contributed by atoms with Crippen LogP contribution in [0.4, 0.5) is 0 Å². The number of carbonyl (C=O) groups excluding carboxylic acids is 1. The fraction of sp³-hybridized carbons (Fsp3) is 0. The summed E-state index contributed by atoms with van der Waals surface area (Å²) in [6, 6.07) is 21.0. The number of hydrogen-bond donors (Lipinski definition) is 2. The summed E-state index contributed by atoms with van der Waals surface area (Å²) in [6.45, 7) is 0. The van der Waals surface area contributed by atoms with Crippen LogP contribution in [0.5, 0.6) is 11.5 Å². The third kappa shape index (κ3) is 5.88. The predicted molar refractivity (Wildman–Crippen MR) is 85.1 cm³/mol.